The second-order valence-electron chi connectivity index (χ2n) is 7.22. The van der Waals surface area contributed by atoms with Crippen LogP contribution in [0.15, 0.2) is 39.8 Å². The molecule has 1 N–H and O–H groups in total. The van der Waals surface area contributed by atoms with Crippen molar-refractivity contribution < 1.29 is 8.42 Å². The zero-order valence-electron chi connectivity index (χ0n) is 16.0. The summed E-state index contributed by atoms with van der Waals surface area (Å²) in [6.07, 6.45) is 4.96. The third-order valence-electron chi connectivity index (χ3n) is 5.05. The van der Waals surface area contributed by atoms with Gasteiger partial charge in [0.05, 0.1) is 22.3 Å². The Labute approximate surface area is 170 Å². The van der Waals surface area contributed by atoms with Crippen molar-refractivity contribution in [2.24, 2.45) is 0 Å². The molecule has 1 saturated heterocycles. The lowest BCUT2D eigenvalue weighted by atomic mass is 10.1. The van der Waals surface area contributed by atoms with Gasteiger partial charge >= 0.3 is 0 Å². The molecule has 0 amide bonds. The van der Waals surface area contributed by atoms with Crippen LogP contribution in [0.25, 0.3) is 0 Å². The van der Waals surface area contributed by atoms with Crippen LogP contribution in [-0.4, -0.2) is 37.3 Å². The van der Waals surface area contributed by atoms with Crippen LogP contribution >= 0.6 is 15.9 Å². The Hall–Kier alpha value is -1.38. The quantitative estimate of drug-likeness (QED) is 0.718. The molecule has 148 valence electrons. The van der Waals surface area contributed by atoms with E-state index in [1.807, 2.05) is 43.8 Å². The summed E-state index contributed by atoms with van der Waals surface area (Å²) in [5, 5.41) is 4.56. The van der Waals surface area contributed by atoms with Crippen LogP contribution in [0, 0.1) is 6.92 Å². The molecule has 1 fully saturated rings. The normalized spacial score (nSPS) is 19.3. The third-order valence-corrected chi connectivity index (χ3v) is 7.27. The first-order valence-corrected chi connectivity index (χ1v) is 11.7. The monoisotopic (exact) mass is 454 g/mol. The molecular weight excluding hydrogens is 428 g/mol. The van der Waals surface area contributed by atoms with Gasteiger partial charge in [0.2, 0.25) is 10.0 Å². The molecular formula is C19H27BrN4O2S. The lowest BCUT2D eigenvalue weighted by molar-refractivity contribution is 0.375. The number of rotatable bonds is 6. The number of anilines is 1. The van der Waals surface area contributed by atoms with Gasteiger partial charge in [-0.2, -0.15) is 5.10 Å². The van der Waals surface area contributed by atoms with Gasteiger partial charge in [0.15, 0.2) is 0 Å². The Morgan fingerprint density at radius 3 is 2.78 bits per heavy atom. The Kier molecular flexibility index (Phi) is 6.28. The van der Waals surface area contributed by atoms with E-state index in [4.69, 9.17) is 0 Å². The molecule has 1 unspecified atom stereocenters. The van der Waals surface area contributed by atoms with Gasteiger partial charge in [-0.15, -0.1) is 0 Å². The van der Waals surface area contributed by atoms with Crippen molar-refractivity contribution >= 4 is 31.6 Å². The number of piperidine rings is 1. The van der Waals surface area contributed by atoms with Crippen molar-refractivity contribution in [3.63, 3.8) is 0 Å². The summed E-state index contributed by atoms with van der Waals surface area (Å²) in [6.45, 7) is 7.63. The van der Waals surface area contributed by atoms with Crippen LogP contribution in [0.1, 0.15) is 44.8 Å². The average molecular weight is 455 g/mol. The number of hydrogen-bond donors (Lipinski definition) is 1. The van der Waals surface area contributed by atoms with Crippen molar-refractivity contribution in [3.05, 3.63) is 40.6 Å². The van der Waals surface area contributed by atoms with Gasteiger partial charge in [0.1, 0.15) is 0 Å². The second kappa shape index (κ2) is 8.32. The summed E-state index contributed by atoms with van der Waals surface area (Å²) in [4.78, 5) is 2.59. The number of sulfonamides is 1. The molecule has 2 aromatic rings. The van der Waals surface area contributed by atoms with Gasteiger partial charge in [-0.1, -0.05) is 6.92 Å². The predicted molar refractivity (Wildman–Crippen MR) is 112 cm³/mol. The molecule has 0 spiro atoms. The van der Waals surface area contributed by atoms with E-state index >= 15 is 0 Å². The number of halogens is 1. The fraction of sp³-hybridized carbons (Fsp3) is 0.526. The lowest BCUT2D eigenvalue weighted by Gasteiger charge is -2.35. The molecule has 0 aliphatic carbocycles. The highest BCUT2D eigenvalue weighted by molar-refractivity contribution is 9.10. The Bertz CT molecular complexity index is 897. The fourth-order valence-corrected chi connectivity index (χ4v) is 5.49. The number of nitrogens with one attached hydrogen (secondary N) is 1. The van der Waals surface area contributed by atoms with E-state index in [1.54, 1.807) is 12.1 Å². The van der Waals surface area contributed by atoms with Crippen molar-refractivity contribution in [2.75, 3.05) is 18.0 Å². The van der Waals surface area contributed by atoms with Crippen molar-refractivity contribution in [2.45, 2.75) is 57.0 Å². The maximum Gasteiger partial charge on any atom is 0.240 e. The standard InChI is InChI=1S/C19H27BrN4O2S/c1-4-14(2)22-27(25,26)17-7-8-19(18(20)12-17)23-10-5-6-16(13-23)24-11-9-15(3)21-24/h7-9,11-12,14,16,22H,4-6,10,13H2,1-3H3/t14-,16?/m0/s1. The summed E-state index contributed by atoms with van der Waals surface area (Å²) in [6, 6.07) is 7.54. The van der Waals surface area contributed by atoms with Crippen molar-refractivity contribution in [3.8, 4) is 0 Å². The number of aromatic nitrogens is 2. The highest BCUT2D eigenvalue weighted by Crippen LogP contribution is 2.33. The molecule has 8 heteroatoms. The summed E-state index contributed by atoms with van der Waals surface area (Å²) in [7, 11) is -3.51. The van der Waals surface area contributed by atoms with Gasteiger partial charge in [-0.3, -0.25) is 4.68 Å². The van der Waals surface area contributed by atoms with E-state index in [2.05, 4.69) is 30.7 Å². The number of hydrogen-bond acceptors (Lipinski definition) is 4. The minimum absolute atomic E-state index is 0.0890. The molecule has 0 saturated carbocycles. The maximum atomic E-state index is 12.5. The topological polar surface area (TPSA) is 67.2 Å². The molecule has 1 aliphatic rings. The van der Waals surface area contributed by atoms with E-state index in [-0.39, 0.29) is 10.9 Å². The first-order chi connectivity index (χ1) is 12.8. The summed E-state index contributed by atoms with van der Waals surface area (Å²) < 4.78 is 30.6. The zero-order chi connectivity index (χ0) is 19.6. The molecule has 1 aromatic carbocycles. The first kappa shape index (κ1) is 20.4. The van der Waals surface area contributed by atoms with E-state index in [0.29, 0.717) is 6.04 Å². The van der Waals surface area contributed by atoms with E-state index in [0.717, 1.165) is 48.2 Å². The van der Waals surface area contributed by atoms with Gasteiger partial charge in [0.25, 0.3) is 0 Å². The predicted octanol–water partition coefficient (Wildman–Crippen LogP) is 3.87. The van der Waals surface area contributed by atoms with E-state index in [1.165, 1.54) is 0 Å². The van der Waals surface area contributed by atoms with Crippen LogP contribution < -0.4 is 9.62 Å². The third kappa shape index (κ3) is 4.73. The SMILES string of the molecule is CC[C@H](C)NS(=O)(=O)c1ccc(N2CCCC(n3ccc(C)n3)C2)c(Br)c1. The molecule has 2 heterocycles. The number of benzene rings is 1. The van der Waals surface area contributed by atoms with Crippen LogP contribution in [0.4, 0.5) is 5.69 Å². The Morgan fingerprint density at radius 1 is 1.37 bits per heavy atom. The number of nitrogens with zero attached hydrogens (tertiary/aromatic N) is 3. The fourth-order valence-electron chi connectivity index (χ4n) is 3.35. The molecule has 27 heavy (non-hydrogen) atoms. The molecule has 3 rings (SSSR count). The second-order valence-corrected chi connectivity index (χ2v) is 9.79. The minimum Gasteiger partial charge on any atom is -0.368 e. The maximum absolute atomic E-state index is 12.5. The smallest absolute Gasteiger partial charge is 0.240 e. The lowest BCUT2D eigenvalue weighted by Crippen LogP contribution is -2.37. The summed E-state index contributed by atoms with van der Waals surface area (Å²) >= 11 is 3.58. The molecule has 1 aromatic heterocycles. The zero-order valence-corrected chi connectivity index (χ0v) is 18.4. The van der Waals surface area contributed by atoms with Crippen molar-refractivity contribution in [1.82, 2.24) is 14.5 Å². The summed E-state index contributed by atoms with van der Waals surface area (Å²) in [5.41, 5.74) is 2.04. The summed E-state index contributed by atoms with van der Waals surface area (Å²) in [5.74, 6) is 0. The van der Waals surface area contributed by atoms with Crippen molar-refractivity contribution in [1.29, 1.82) is 0 Å². The molecule has 2 atom stereocenters. The van der Waals surface area contributed by atoms with Gasteiger partial charge < -0.3 is 4.90 Å². The molecule has 1 aliphatic heterocycles. The Balaban J connectivity index is 1.79. The highest BCUT2D eigenvalue weighted by atomic mass is 79.9. The van der Waals surface area contributed by atoms with Gasteiger partial charge in [-0.05, 0) is 73.3 Å². The van der Waals surface area contributed by atoms with Gasteiger partial charge in [0, 0.05) is 29.8 Å². The van der Waals surface area contributed by atoms with Crippen LogP contribution in [0.5, 0.6) is 0 Å². The van der Waals surface area contributed by atoms with Gasteiger partial charge in [-0.25, -0.2) is 13.1 Å². The van der Waals surface area contributed by atoms with E-state index < -0.39 is 10.0 Å². The average Bonchev–Trinajstić information content (AvgIpc) is 3.07. The molecule has 0 bridgehead atoms. The highest BCUT2D eigenvalue weighted by Gasteiger charge is 2.24. The Morgan fingerprint density at radius 2 is 2.15 bits per heavy atom. The first-order valence-electron chi connectivity index (χ1n) is 9.38. The number of aryl methyl sites for hydroxylation is 1. The van der Waals surface area contributed by atoms with Crippen LogP contribution in [0.2, 0.25) is 0 Å². The van der Waals surface area contributed by atoms with E-state index in [9.17, 15) is 8.42 Å². The largest absolute Gasteiger partial charge is 0.368 e. The minimum atomic E-state index is -3.51. The van der Waals surface area contributed by atoms with Crippen LogP contribution in [-0.2, 0) is 10.0 Å². The molecule has 6 nitrogen and oxygen atoms in total. The van der Waals surface area contributed by atoms with Crippen LogP contribution in [0.3, 0.4) is 0 Å². The molecule has 0 radical (unpaired) electrons.